The van der Waals surface area contributed by atoms with Gasteiger partial charge in [-0.1, -0.05) is 60.2 Å². The maximum absolute atomic E-state index is 12.9. The second kappa shape index (κ2) is 9.19. The van der Waals surface area contributed by atoms with Crippen LogP contribution in [0, 0.1) is 6.92 Å². The molecule has 0 saturated heterocycles. The maximum atomic E-state index is 12.9. The van der Waals surface area contributed by atoms with Crippen LogP contribution < -0.4 is 10.6 Å². The van der Waals surface area contributed by atoms with E-state index in [1.165, 1.54) is 0 Å². The number of nitrogens with zero attached hydrogens (tertiary/aromatic N) is 2. The average molecular weight is 390 g/mol. The van der Waals surface area contributed by atoms with Crippen LogP contribution in [0.3, 0.4) is 0 Å². The van der Waals surface area contributed by atoms with Crippen molar-refractivity contribution in [2.45, 2.75) is 33.4 Å². The smallest absolute Gasteiger partial charge is 0.255 e. The van der Waals surface area contributed by atoms with Crippen LogP contribution in [0.5, 0.6) is 0 Å². The van der Waals surface area contributed by atoms with E-state index in [1.54, 1.807) is 17.8 Å². The van der Waals surface area contributed by atoms with Crippen LogP contribution in [0.15, 0.2) is 60.8 Å². The van der Waals surface area contributed by atoms with Gasteiger partial charge in [0.1, 0.15) is 11.7 Å². The summed E-state index contributed by atoms with van der Waals surface area (Å²) in [7, 11) is 0. The first-order chi connectivity index (χ1) is 14.0. The monoisotopic (exact) mass is 390 g/mol. The number of benzene rings is 2. The SMILES string of the molecule is CCNC(=O)[C@H](C)NC(=O)c1cn(Cc2ccccc2)nc1-c1ccc(C)cc1. The molecule has 150 valence electrons. The van der Waals surface area contributed by atoms with Gasteiger partial charge in [0.25, 0.3) is 5.91 Å². The largest absolute Gasteiger partial charge is 0.355 e. The molecule has 2 N–H and O–H groups in total. The lowest BCUT2D eigenvalue weighted by Crippen LogP contribution is -2.44. The highest BCUT2D eigenvalue weighted by atomic mass is 16.2. The number of aryl methyl sites for hydroxylation is 1. The normalized spacial score (nSPS) is 11.7. The van der Waals surface area contributed by atoms with Crippen LogP contribution in [0.4, 0.5) is 0 Å². The van der Waals surface area contributed by atoms with Crippen molar-refractivity contribution < 1.29 is 9.59 Å². The Morgan fingerprint density at radius 2 is 1.76 bits per heavy atom. The number of hydrogen-bond donors (Lipinski definition) is 2. The molecule has 0 bridgehead atoms. The summed E-state index contributed by atoms with van der Waals surface area (Å²) in [5, 5.41) is 10.2. The average Bonchev–Trinajstić information content (AvgIpc) is 3.13. The van der Waals surface area contributed by atoms with Gasteiger partial charge in [-0.05, 0) is 26.3 Å². The number of rotatable bonds is 7. The lowest BCUT2D eigenvalue weighted by molar-refractivity contribution is -0.122. The molecule has 6 nitrogen and oxygen atoms in total. The summed E-state index contributed by atoms with van der Waals surface area (Å²) < 4.78 is 1.76. The van der Waals surface area contributed by atoms with E-state index in [2.05, 4.69) is 15.7 Å². The highest BCUT2D eigenvalue weighted by molar-refractivity contribution is 6.01. The number of amides is 2. The van der Waals surface area contributed by atoms with Crippen molar-refractivity contribution in [3.8, 4) is 11.3 Å². The second-order valence-corrected chi connectivity index (χ2v) is 7.03. The Kier molecular flexibility index (Phi) is 6.44. The Labute approximate surface area is 170 Å². The van der Waals surface area contributed by atoms with Crippen LogP contribution in [0.25, 0.3) is 11.3 Å². The zero-order chi connectivity index (χ0) is 20.8. The quantitative estimate of drug-likeness (QED) is 0.651. The number of carbonyl (C=O) groups excluding carboxylic acids is 2. The molecule has 3 aromatic rings. The zero-order valence-electron chi connectivity index (χ0n) is 17.0. The maximum Gasteiger partial charge on any atom is 0.255 e. The van der Waals surface area contributed by atoms with Crippen molar-refractivity contribution in [3.63, 3.8) is 0 Å². The van der Waals surface area contributed by atoms with Gasteiger partial charge in [-0.15, -0.1) is 0 Å². The van der Waals surface area contributed by atoms with Crippen LogP contribution in [0.2, 0.25) is 0 Å². The van der Waals surface area contributed by atoms with Crippen molar-refractivity contribution >= 4 is 11.8 Å². The molecule has 2 aromatic carbocycles. The Morgan fingerprint density at radius 1 is 1.07 bits per heavy atom. The number of nitrogens with one attached hydrogen (secondary N) is 2. The fourth-order valence-electron chi connectivity index (χ4n) is 3.03. The molecular weight excluding hydrogens is 364 g/mol. The summed E-state index contributed by atoms with van der Waals surface area (Å²) in [6, 6.07) is 17.2. The van der Waals surface area contributed by atoms with E-state index in [4.69, 9.17) is 0 Å². The van der Waals surface area contributed by atoms with E-state index >= 15 is 0 Å². The van der Waals surface area contributed by atoms with Gasteiger partial charge >= 0.3 is 0 Å². The van der Waals surface area contributed by atoms with E-state index in [9.17, 15) is 9.59 Å². The summed E-state index contributed by atoms with van der Waals surface area (Å²) >= 11 is 0. The molecule has 0 spiro atoms. The fraction of sp³-hybridized carbons (Fsp3) is 0.261. The van der Waals surface area contributed by atoms with Gasteiger partial charge in [0.2, 0.25) is 5.91 Å². The topological polar surface area (TPSA) is 76.0 Å². The highest BCUT2D eigenvalue weighted by Crippen LogP contribution is 2.23. The molecule has 0 aliphatic heterocycles. The molecule has 0 radical (unpaired) electrons. The third kappa shape index (κ3) is 5.10. The van der Waals surface area contributed by atoms with Gasteiger partial charge in [-0.3, -0.25) is 14.3 Å². The predicted octanol–water partition coefficient (Wildman–Crippen LogP) is 3.16. The summed E-state index contributed by atoms with van der Waals surface area (Å²) in [5.41, 5.74) is 4.13. The number of carbonyl (C=O) groups is 2. The van der Waals surface area contributed by atoms with Gasteiger partial charge < -0.3 is 10.6 Å². The summed E-state index contributed by atoms with van der Waals surface area (Å²) in [6.45, 7) is 6.60. The number of aromatic nitrogens is 2. The first-order valence-electron chi connectivity index (χ1n) is 9.75. The van der Waals surface area contributed by atoms with E-state index in [0.29, 0.717) is 24.3 Å². The molecule has 0 unspecified atom stereocenters. The van der Waals surface area contributed by atoms with Crippen molar-refractivity contribution in [2.75, 3.05) is 6.54 Å². The molecular formula is C23H26N4O2. The number of likely N-dealkylation sites (N-methyl/N-ethyl adjacent to an activating group) is 1. The van der Waals surface area contributed by atoms with Crippen LogP contribution in [0.1, 0.15) is 35.3 Å². The molecule has 6 heteroatoms. The van der Waals surface area contributed by atoms with Crippen molar-refractivity contribution in [1.82, 2.24) is 20.4 Å². The third-order valence-electron chi connectivity index (χ3n) is 4.61. The zero-order valence-corrected chi connectivity index (χ0v) is 17.0. The highest BCUT2D eigenvalue weighted by Gasteiger charge is 2.22. The van der Waals surface area contributed by atoms with Crippen molar-refractivity contribution in [2.24, 2.45) is 0 Å². The minimum Gasteiger partial charge on any atom is -0.355 e. The van der Waals surface area contributed by atoms with E-state index in [-0.39, 0.29) is 11.8 Å². The minimum atomic E-state index is -0.634. The van der Waals surface area contributed by atoms with Crippen molar-refractivity contribution in [1.29, 1.82) is 0 Å². The standard InChI is InChI=1S/C23H26N4O2/c1-4-24-22(28)17(3)25-23(29)20-15-27(14-18-8-6-5-7-9-18)26-21(20)19-12-10-16(2)11-13-19/h5-13,15,17H,4,14H2,1-3H3,(H,24,28)(H,25,29)/t17-/m0/s1. The molecule has 0 saturated carbocycles. The molecule has 0 aliphatic carbocycles. The summed E-state index contributed by atoms with van der Waals surface area (Å²) in [5.74, 6) is -0.534. The van der Waals surface area contributed by atoms with Gasteiger partial charge in [0.05, 0.1) is 12.1 Å². The Morgan fingerprint density at radius 3 is 2.41 bits per heavy atom. The number of hydrogen-bond acceptors (Lipinski definition) is 3. The molecule has 1 heterocycles. The minimum absolute atomic E-state index is 0.214. The fourth-order valence-corrected chi connectivity index (χ4v) is 3.03. The molecule has 2 amide bonds. The Bertz CT molecular complexity index is 978. The molecule has 29 heavy (non-hydrogen) atoms. The van der Waals surface area contributed by atoms with Gasteiger partial charge in [0.15, 0.2) is 0 Å². The van der Waals surface area contributed by atoms with Gasteiger partial charge in [0, 0.05) is 18.3 Å². The van der Waals surface area contributed by atoms with E-state index in [0.717, 1.165) is 16.7 Å². The van der Waals surface area contributed by atoms with Crippen LogP contribution in [-0.4, -0.2) is 34.2 Å². The molecule has 1 aromatic heterocycles. The lowest BCUT2D eigenvalue weighted by Gasteiger charge is -2.13. The van der Waals surface area contributed by atoms with Crippen molar-refractivity contribution in [3.05, 3.63) is 77.5 Å². The van der Waals surface area contributed by atoms with Crippen LogP contribution >= 0.6 is 0 Å². The first-order valence-corrected chi connectivity index (χ1v) is 9.75. The van der Waals surface area contributed by atoms with E-state index < -0.39 is 6.04 Å². The second-order valence-electron chi connectivity index (χ2n) is 7.03. The Hall–Kier alpha value is -3.41. The molecule has 3 rings (SSSR count). The summed E-state index contributed by atoms with van der Waals surface area (Å²) in [4.78, 5) is 24.9. The Balaban J connectivity index is 1.91. The molecule has 1 atom stereocenters. The summed E-state index contributed by atoms with van der Waals surface area (Å²) in [6.07, 6.45) is 1.74. The van der Waals surface area contributed by atoms with Gasteiger partial charge in [-0.25, -0.2) is 0 Å². The lowest BCUT2D eigenvalue weighted by atomic mass is 10.1. The van der Waals surface area contributed by atoms with Gasteiger partial charge in [-0.2, -0.15) is 5.10 Å². The van der Waals surface area contributed by atoms with Crippen LogP contribution in [-0.2, 0) is 11.3 Å². The van der Waals surface area contributed by atoms with E-state index in [1.807, 2.05) is 68.4 Å². The third-order valence-corrected chi connectivity index (χ3v) is 4.61. The molecule has 0 fully saturated rings. The molecule has 0 aliphatic rings. The predicted molar refractivity (Wildman–Crippen MR) is 114 cm³/mol. The first kappa shape index (κ1) is 20.3.